The predicted molar refractivity (Wildman–Crippen MR) is 76.6 cm³/mol. The average molecular weight is 274 g/mol. The maximum Gasteiger partial charge on any atom is 0.201 e. The summed E-state index contributed by atoms with van der Waals surface area (Å²) in [4.78, 5) is 8.73. The van der Waals surface area contributed by atoms with Crippen molar-refractivity contribution in [3.63, 3.8) is 0 Å². The third kappa shape index (κ3) is 1.94. The molecule has 3 rings (SSSR count). The van der Waals surface area contributed by atoms with Crippen LogP contribution in [-0.2, 0) is 0 Å². The van der Waals surface area contributed by atoms with Gasteiger partial charge in [0.2, 0.25) is 5.95 Å². The Hall–Kier alpha value is -2.08. The summed E-state index contributed by atoms with van der Waals surface area (Å²) in [5.74, 6) is 1.27. The lowest BCUT2D eigenvalue weighted by atomic mass is 10.2. The Morgan fingerprint density at radius 2 is 2.26 bits per heavy atom. The molecule has 1 atom stereocenters. The van der Waals surface area contributed by atoms with Crippen molar-refractivity contribution in [3.8, 4) is 5.75 Å². The minimum absolute atomic E-state index is 0.0680. The van der Waals surface area contributed by atoms with Crippen LogP contribution in [0.5, 0.6) is 5.75 Å². The van der Waals surface area contributed by atoms with Gasteiger partial charge in [0.25, 0.3) is 0 Å². The number of aromatic nitrogens is 3. The Morgan fingerprint density at radius 1 is 1.42 bits per heavy atom. The van der Waals surface area contributed by atoms with Gasteiger partial charge in [-0.1, -0.05) is 0 Å². The van der Waals surface area contributed by atoms with E-state index in [1.807, 2.05) is 28.1 Å². The van der Waals surface area contributed by atoms with Gasteiger partial charge in [-0.2, -0.15) is 0 Å². The van der Waals surface area contributed by atoms with Crippen LogP contribution in [0, 0.1) is 0 Å². The van der Waals surface area contributed by atoms with E-state index in [1.165, 1.54) is 0 Å². The molecule has 0 fully saturated rings. The summed E-state index contributed by atoms with van der Waals surface area (Å²) >= 11 is 1.61. The first kappa shape index (κ1) is 12.0. The van der Waals surface area contributed by atoms with Crippen molar-refractivity contribution in [1.29, 1.82) is 0 Å². The average Bonchev–Trinajstić information content (AvgIpc) is 3.03. The summed E-state index contributed by atoms with van der Waals surface area (Å²) in [6.07, 6.45) is 1.80. The van der Waals surface area contributed by atoms with Crippen LogP contribution in [0.1, 0.15) is 18.0 Å². The third-order valence-electron chi connectivity index (χ3n) is 3.12. The topological polar surface area (TPSA) is 66.0 Å². The number of thiazole rings is 1. The van der Waals surface area contributed by atoms with Crippen LogP contribution in [-0.4, -0.2) is 21.6 Å². The zero-order valence-corrected chi connectivity index (χ0v) is 11.5. The molecule has 0 spiro atoms. The first-order valence-electron chi connectivity index (χ1n) is 5.91. The fourth-order valence-electron chi connectivity index (χ4n) is 2.18. The number of nitrogens with two attached hydrogens (primary N) is 1. The molecule has 3 aromatic rings. The standard InChI is InChI=1S/C13H14N4OS/c1-8(12-15-5-6-19-12)17-11-4-3-9(18-2)7-10(11)16-13(17)14/h3-8H,1-2H3,(H2,14,16). The highest BCUT2D eigenvalue weighted by Crippen LogP contribution is 2.29. The third-order valence-corrected chi connectivity index (χ3v) is 4.07. The van der Waals surface area contributed by atoms with Crippen molar-refractivity contribution in [2.24, 2.45) is 0 Å². The van der Waals surface area contributed by atoms with E-state index in [-0.39, 0.29) is 6.04 Å². The fraction of sp³-hybridized carbons (Fsp3) is 0.231. The number of ether oxygens (including phenoxy) is 1. The first-order valence-corrected chi connectivity index (χ1v) is 6.79. The fourth-order valence-corrected chi connectivity index (χ4v) is 2.87. The molecule has 0 saturated heterocycles. The van der Waals surface area contributed by atoms with Gasteiger partial charge in [0.15, 0.2) is 0 Å². The molecule has 0 bridgehead atoms. The summed E-state index contributed by atoms with van der Waals surface area (Å²) in [5, 5.41) is 2.98. The largest absolute Gasteiger partial charge is 0.497 e. The zero-order chi connectivity index (χ0) is 13.4. The van der Waals surface area contributed by atoms with E-state index in [4.69, 9.17) is 10.5 Å². The van der Waals surface area contributed by atoms with Gasteiger partial charge in [-0.3, -0.25) is 0 Å². The number of methoxy groups -OCH3 is 1. The second-order valence-corrected chi connectivity index (χ2v) is 5.17. The van der Waals surface area contributed by atoms with Gasteiger partial charge < -0.3 is 15.0 Å². The molecule has 98 valence electrons. The number of hydrogen-bond acceptors (Lipinski definition) is 5. The van der Waals surface area contributed by atoms with E-state index in [2.05, 4.69) is 16.9 Å². The van der Waals surface area contributed by atoms with Gasteiger partial charge in [-0.05, 0) is 19.1 Å². The summed E-state index contributed by atoms with van der Waals surface area (Å²) in [5.41, 5.74) is 7.86. The quantitative estimate of drug-likeness (QED) is 0.797. The summed E-state index contributed by atoms with van der Waals surface area (Å²) in [6.45, 7) is 2.07. The van der Waals surface area contributed by atoms with Gasteiger partial charge in [0, 0.05) is 17.6 Å². The maximum absolute atomic E-state index is 6.04. The van der Waals surface area contributed by atoms with Crippen molar-refractivity contribution >= 4 is 28.3 Å². The molecule has 0 radical (unpaired) electrons. The number of nitrogens with zero attached hydrogens (tertiary/aromatic N) is 3. The number of nitrogen functional groups attached to an aromatic ring is 1. The molecular formula is C13H14N4OS. The van der Waals surface area contributed by atoms with Crippen LogP contribution in [0.25, 0.3) is 11.0 Å². The monoisotopic (exact) mass is 274 g/mol. The molecule has 1 unspecified atom stereocenters. The van der Waals surface area contributed by atoms with Crippen molar-refractivity contribution in [2.45, 2.75) is 13.0 Å². The Morgan fingerprint density at radius 3 is 2.95 bits per heavy atom. The molecule has 0 aliphatic rings. The molecule has 0 amide bonds. The van der Waals surface area contributed by atoms with Crippen LogP contribution in [0.3, 0.4) is 0 Å². The van der Waals surface area contributed by atoms with Crippen LogP contribution in [0.4, 0.5) is 5.95 Å². The van der Waals surface area contributed by atoms with Crippen molar-refractivity contribution in [2.75, 3.05) is 12.8 Å². The van der Waals surface area contributed by atoms with E-state index < -0.39 is 0 Å². The maximum atomic E-state index is 6.04. The number of anilines is 1. The number of imidazole rings is 1. The van der Waals surface area contributed by atoms with E-state index >= 15 is 0 Å². The molecule has 5 nitrogen and oxygen atoms in total. The summed E-state index contributed by atoms with van der Waals surface area (Å²) < 4.78 is 7.20. The normalized spacial score (nSPS) is 12.7. The van der Waals surface area contributed by atoms with Gasteiger partial charge in [-0.15, -0.1) is 11.3 Å². The highest BCUT2D eigenvalue weighted by molar-refractivity contribution is 7.09. The van der Waals surface area contributed by atoms with Gasteiger partial charge in [-0.25, -0.2) is 9.97 Å². The van der Waals surface area contributed by atoms with Crippen LogP contribution in [0.2, 0.25) is 0 Å². The zero-order valence-electron chi connectivity index (χ0n) is 10.7. The van der Waals surface area contributed by atoms with E-state index in [1.54, 1.807) is 24.6 Å². The minimum Gasteiger partial charge on any atom is -0.497 e. The molecule has 0 aliphatic heterocycles. The lowest BCUT2D eigenvalue weighted by Gasteiger charge is -2.13. The molecular weight excluding hydrogens is 260 g/mol. The summed E-state index contributed by atoms with van der Waals surface area (Å²) in [6, 6.07) is 5.84. The number of fused-ring (bicyclic) bond motifs is 1. The predicted octanol–water partition coefficient (Wildman–Crippen LogP) is 2.69. The highest BCUT2D eigenvalue weighted by Gasteiger charge is 2.17. The minimum atomic E-state index is 0.0680. The van der Waals surface area contributed by atoms with E-state index in [0.717, 1.165) is 21.8 Å². The van der Waals surface area contributed by atoms with Crippen LogP contribution >= 0.6 is 11.3 Å². The Bertz CT molecular complexity index is 705. The highest BCUT2D eigenvalue weighted by atomic mass is 32.1. The van der Waals surface area contributed by atoms with Crippen LogP contribution in [0.15, 0.2) is 29.8 Å². The first-order chi connectivity index (χ1) is 9.20. The van der Waals surface area contributed by atoms with Gasteiger partial charge in [0.1, 0.15) is 10.8 Å². The van der Waals surface area contributed by atoms with Crippen molar-refractivity contribution in [3.05, 3.63) is 34.8 Å². The number of rotatable bonds is 3. The Balaban J connectivity index is 2.15. The number of hydrogen-bond donors (Lipinski definition) is 1. The van der Waals surface area contributed by atoms with Crippen molar-refractivity contribution in [1.82, 2.24) is 14.5 Å². The van der Waals surface area contributed by atoms with Crippen molar-refractivity contribution < 1.29 is 4.74 Å². The van der Waals surface area contributed by atoms with E-state index in [0.29, 0.717) is 5.95 Å². The molecule has 2 N–H and O–H groups in total. The SMILES string of the molecule is COc1ccc2c(c1)nc(N)n2C(C)c1nccs1. The smallest absolute Gasteiger partial charge is 0.201 e. The lowest BCUT2D eigenvalue weighted by Crippen LogP contribution is -2.09. The molecule has 0 aliphatic carbocycles. The second-order valence-electron chi connectivity index (χ2n) is 4.24. The second kappa shape index (κ2) is 4.55. The van der Waals surface area contributed by atoms with Crippen LogP contribution < -0.4 is 10.5 Å². The molecule has 6 heteroatoms. The lowest BCUT2D eigenvalue weighted by molar-refractivity contribution is 0.415. The Labute approximate surface area is 114 Å². The Kier molecular flexibility index (Phi) is 2.87. The van der Waals surface area contributed by atoms with E-state index in [9.17, 15) is 0 Å². The molecule has 19 heavy (non-hydrogen) atoms. The van der Waals surface area contributed by atoms with Gasteiger partial charge in [0.05, 0.1) is 24.2 Å². The molecule has 2 aromatic heterocycles. The summed E-state index contributed by atoms with van der Waals surface area (Å²) in [7, 11) is 1.64. The molecule has 2 heterocycles. The molecule has 1 aromatic carbocycles. The van der Waals surface area contributed by atoms with Gasteiger partial charge >= 0.3 is 0 Å². The number of benzene rings is 1. The molecule has 0 saturated carbocycles.